The minimum atomic E-state index is 0.496. The molecule has 1 N–H and O–H groups in total. The fraction of sp³-hybridized carbons (Fsp3) is 0.231. The monoisotopic (exact) mass is 187 g/mol. The van der Waals surface area contributed by atoms with Crippen LogP contribution >= 0.6 is 0 Å². The van der Waals surface area contributed by atoms with Crippen molar-refractivity contribution in [3.8, 4) is 0 Å². The summed E-state index contributed by atoms with van der Waals surface area (Å²) in [5, 5.41) is 1.89. The molecule has 0 aliphatic rings. The zero-order valence-electron chi connectivity index (χ0n) is 8.88. The molecule has 0 saturated carbocycles. The first-order valence-corrected chi connectivity index (χ1v) is 4.80. The molecule has 1 rings (SSSR count). The van der Waals surface area contributed by atoms with Crippen molar-refractivity contribution in [1.29, 1.82) is 0 Å². The molecule has 0 atom stereocenters. The lowest BCUT2D eigenvalue weighted by Gasteiger charge is -2.00. The van der Waals surface area contributed by atoms with Gasteiger partial charge in [-0.2, -0.15) is 0 Å². The van der Waals surface area contributed by atoms with Crippen LogP contribution in [0.15, 0.2) is 30.5 Å². The molecule has 0 saturated heterocycles. The molecule has 1 nitrogen and oxygen atoms in total. The lowest BCUT2D eigenvalue weighted by atomic mass is 10.1. The van der Waals surface area contributed by atoms with Crippen LogP contribution in [0.1, 0.15) is 25.3 Å². The zero-order valence-corrected chi connectivity index (χ0v) is 8.88. The van der Waals surface area contributed by atoms with Crippen molar-refractivity contribution in [2.45, 2.75) is 19.8 Å². The molecule has 0 unspecified atom stereocenters. The number of aromatic amines is 1. The molecule has 0 amide bonds. The number of H-pyrrole nitrogens is 1. The Kier molecular flexibility index (Phi) is 3.52. The van der Waals surface area contributed by atoms with Gasteiger partial charge in [-0.1, -0.05) is 39.1 Å². The maximum atomic E-state index is 3.91. The normalized spacial score (nSPS) is 9.93. The van der Waals surface area contributed by atoms with Crippen LogP contribution < -0.4 is 10.6 Å². The molecule has 74 valence electrons. The van der Waals surface area contributed by atoms with Crippen molar-refractivity contribution >= 4 is 13.2 Å². The second kappa shape index (κ2) is 4.66. The predicted molar refractivity (Wildman–Crippen MR) is 62.8 cm³/mol. The minimum absolute atomic E-state index is 0.496. The summed E-state index contributed by atoms with van der Waals surface area (Å²) < 4.78 is 0. The van der Waals surface area contributed by atoms with E-state index in [0.29, 0.717) is 5.92 Å². The molecule has 0 aliphatic heterocycles. The van der Waals surface area contributed by atoms with Gasteiger partial charge in [-0.15, -0.1) is 0 Å². The van der Waals surface area contributed by atoms with Gasteiger partial charge in [0.15, 0.2) is 0 Å². The molecule has 14 heavy (non-hydrogen) atoms. The number of rotatable bonds is 1. The molecule has 1 heteroatoms. The van der Waals surface area contributed by atoms with E-state index in [2.05, 4.69) is 44.1 Å². The van der Waals surface area contributed by atoms with Gasteiger partial charge in [0.25, 0.3) is 0 Å². The Hall–Kier alpha value is -1.50. The van der Waals surface area contributed by atoms with Crippen LogP contribution in [0.5, 0.6) is 0 Å². The fourth-order valence-corrected chi connectivity index (χ4v) is 1.16. The van der Waals surface area contributed by atoms with E-state index < -0.39 is 0 Å². The molecular formula is C13H17N. The van der Waals surface area contributed by atoms with E-state index in [1.807, 2.05) is 18.3 Å². The Balaban J connectivity index is 3.50. The van der Waals surface area contributed by atoms with Gasteiger partial charge in [-0.25, -0.2) is 0 Å². The van der Waals surface area contributed by atoms with Gasteiger partial charge < -0.3 is 4.98 Å². The molecule has 1 aromatic rings. The van der Waals surface area contributed by atoms with E-state index in [4.69, 9.17) is 0 Å². The number of nitrogens with one attached hydrogen (secondary N) is 1. The molecule has 0 aliphatic carbocycles. The fourth-order valence-electron chi connectivity index (χ4n) is 1.16. The van der Waals surface area contributed by atoms with Crippen molar-refractivity contribution in [2.75, 3.05) is 0 Å². The lowest BCUT2D eigenvalue weighted by molar-refractivity contribution is 0.865. The van der Waals surface area contributed by atoms with Gasteiger partial charge in [-0.3, -0.25) is 0 Å². The van der Waals surface area contributed by atoms with Gasteiger partial charge in [0.1, 0.15) is 0 Å². The molecule has 1 aromatic heterocycles. The van der Waals surface area contributed by atoms with Crippen LogP contribution in [0.4, 0.5) is 0 Å². The van der Waals surface area contributed by atoms with Gasteiger partial charge in [0.2, 0.25) is 0 Å². The van der Waals surface area contributed by atoms with Crippen LogP contribution in [0, 0.1) is 0 Å². The van der Waals surface area contributed by atoms with Gasteiger partial charge in [0.05, 0.1) is 0 Å². The Labute approximate surface area is 85.1 Å². The second-order valence-corrected chi connectivity index (χ2v) is 3.71. The Morgan fingerprint density at radius 3 is 2.50 bits per heavy atom. The average molecular weight is 187 g/mol. The third kappa shape index (κ3) is 3.09. The predicted octanol–water partition coefficient (Wildman–Crippen LogP) is 2.08. The Morgan fingerprint density at radius 2 is 1.86 bits per heavy atom. The van der Waals surface area contributed by atoms with Crippen molar-refractivity contribution in [3.63, 3.8) is 0 Å². The summed E-state index contributed by atoms with van der Waals surface area (Å²) in [5.74, 6) is 0.496. The standard InChI is InChI=1S/C13H17N/c1-10(2)13-6-5-11(3)7-8-14-12(4)9-13/h5-10,14H,3-4H2,1-2H3. The number of aromatic nitrogens is 1. The van der Waals surface area contributed by atoms with Gasteiger partial charge >= 0.3 is 0 Å². The Morgan fingerprint density at radius 1 is 1.14 bits per heavy atom. The topological polar surface area (TPSA) is 15.8 Å². The smallest absolute Gasteiger partial charge is 0.0309 e. The van der Waals surface area contributed by atoms with Crippen LogP contribution in [-0.2, 0) is 0 Å². The minimum Gasteiger partial charge on any atom is -0.362 e. The highest BCUT2D eigenvalue weighted by Gasteiger charge is 1.93. The number of hydrogen-bond donors (Lipinski definition) is 1. The lowest BCUT2D eigenvalue weighted by Crippen LogP contribution is -2.00. The third-order valence-corrected chi connectivity index (χ3v) is 2.06. The summed E-state index contributed by atoms with van der Waals surface area (Å²) in [5.41, 5.74) is 1.26. The molecule has 0 fully saturated rings. The second-order valence-electron chi connectivity index (χ2n) is 3.71. The maximum absolute atomic E-state index is 3.91. The molecule has 0 aromatic carbocycles. The van der Waals surface area contributed by atoms with E-state index in [9.17, 15) is 0 Å². The van der Waals surface area contributed by atoms with Crippen LogP contribution in [0.25, 0.3) is 13.2 Å². The van der Waals surface area contributed by atoms with Crippen LogP contribution in [0.3, 0.4) is 0 Å². The Bertz CT molecular complexity index is 439. The quantitative estimate of drug-likeness (QED) is 0.693. The first kappa shape index (κ1) is 10.6. The van der Waals surface area contributed by atoms with Crippen molar-refractivity contribution in [1.82, 2.24) is 4.98 Å². The molecule has 0 spiro atoms. The van der Waals surface area contributed by atoms with Crippen molar-refractivity contribution < 1.29 is 0 Å². The van der Waals surface area contributed by atoms with Crippen molar-refractivity contribution in [3.05, 3.63) is 46.6 Å². The van der Waals surface area contributed by atoms with Crippen LogP contribution in [0.2, 0.25) is 0 Å². The van der Waals surface area contributed by atoms with E-state index in [1.165, 1.54) is 5.56 Å². The van der Waals surface area contributed by atoms with E-state index >= 15 is 0 Å². The SMILES string of the molecule is C=c1cc[nH]c(=C)cc(C(C)C)cc1. The summed E-state index contributed by atoms with van der Waals surface area (Å²) in [6, 6.07) is 8.10. The summed E-state index contributed by atoms with van der Waals surface area (Å²) in [7, 11) is 0. The maximum Gasteiger partial charge on any atom is 0.0309 e. The van der Waals surface area contributed by atoms with Gasteiger partial charge in [0, 0.05) is 11.5 Å². The zero-order chi connectivity index (χ0) is 10.6. The summed E-state index contributed by atoms with van der Waals surface area (Å²) in [6.45, 7) is 12.1. The van der Waals surface area contributed by atoms with E-state index in [1.54, 1.807) is 0 Å². The first-order chi connectivity index (χ1) is 6.59. The van der Waals surface area contributed by atoms with E-state index in [-0.39, 0.29) is 0 Å². The average Bonchev–Trinajstić information content (AvgIpc) is 2.17. The highest BCUT2D eigenvalue weighted by atomic mass is 14.6. The summed E-state index contributed by atoms with van der Waals surface area (Å²) >= 11 is 0. The summed E-state index contributed by atoms with van der Waals surface area (Å²) in [6.07, 6.45) is 1.86. The largest absolute Gasteiger partial charge is 0.362 e. The summed E-state index contributed by atoms with van der Waals surface area (Å²) in [4.78, 5) is 3.09. The van der Waals surface area contributed by atoms with Crippen LogP contribution in [-0.4, -0.2) is 4.98 Å². The highest BCUT2D eigenvalue weighted by molar-refractivity contribution is 5.17. The molecule has 0 radical (unpaired) electrons. The first-order valence-electron chi connectivity index (χ1n) is 4.80. The van der Waals surface area contributed by atoms with E-state index in [0.717, 1.165) is 10.6 Å². The molecular weight excluding hydrogens is 170 g/mol. The number of hydrogen-bond acceptors (Lipinski definition) is 0. The molecule has 0 bridgehead atoms. The van der Waals surface area contributed by atoms with Crippen molar-refractivity contribution in [2.24, 2.45) is 0 Å². The highest BCUT2D eigenvalue weighted by Crippen LogP contribution is 2.08. The van der Waals surface area contributed by atoms with Gasteiger partial charge in [-0.05, 0) is 28.8 Å². The third-order valence-electron chi connectivity index (χ3n) is 2.06. The molecule has 1 heterocycles.